The van der Waals surface area contributed by atoms with Gasteiger partial charge in [0.25, 0.3) is 0 Å². The first-order valence-electron chi connectivity index (χ1n) is 4.74. The summed E-state index contributed by atoms with van der Waals surface area (Å²) in [5.41, 5.74) is 1.59. The van der Waals surface area contributed by atoms with Crippen LogP contribution in [0.3, 0.4) is 0 Å². The van der Waals surface area contributed by atoms with Crippen molar-refractivity contribution in [1.82, 2.24) is 9.88 Å². The van der Waals surface area contributed by atoms with E-state index in [-0.39, 0.29) is 0 Å². The van der Waals surface area contributed by atoms with Gasteiger partial charge in [-0.1, -0.05) is 12.1 Å². The van der Waals surface area contributed by atoms with Crippen LogP contribution in [0.25, 0.3) is 10.9 Å². The molecular weight excluding hydrogens is 198 g/mol. The maximum atomic E-state index is 12.6. The van der Waals surface area contributed by atoms with Crippen LogP contribution >= 0.6 is 0 Å². The first kappa shape index (κ1) is 10.1. The molecule has 0 fully saturated rings. The first-order valence-corrected chi connectivity index (χ1v) is 4.74. The van der Waals surface area contributed by atoms with Crippen LogP contribution in [0.5, 0.6) is 0 Å². The highest BCUT2D eigenvalue weighted by Gasteiger charge is 2.09. The van der Waals surface area contributed by atoms with E-state index in [9.17, 15) is 8.78 Å². The van der Waals surface area contributed by atoms with Gasteiger partial charge in [0.15, 0.2) is 0 Å². The Hall–Kier alpha value is -1.42. The fourth-order valence-electron chi connectivity index (χ4n) is 1.68. The lowest BCUT2D eigenvalue weighted by Gasteiger charge is -2.05. The molecule has 2 nitrogen and oxygen atoms in total. The molecule has 0 aliphatic carbocycles. The molecule has 2 aromatic rings. The molecule has 2 rings (SSSR count). The van der Waals surface area contributed by atoms with Gasteiger partial charge in [-0.2, -0.15) is 8.78 Å². The monoisotopic (exact) mass is 210 g/mol. The SMILES string of the molecule is CNCc1ccc2ccn(C(F)F)c2c1. The number of fused-ring (bicyclic) bond motifs is 1. The summed E-state index contributed by atoms with van der Waals surface area (Å²) in [6, 6.07) is 7.29. The molecule has 0 bridgehead atoms. The normalized spacial score (nSPS) is 11.5. The van der Waals surface area contributed by atoms with E-state index in [1.165, 1.54) is 6.20 Å². The average Bonchev–Trinajstić information content (AvgIpc) is 2.61. The third kappa shape index (κ3) is 1.85. The number of hydrogen-bond donors (Lipinski definition) is 1. The number of rotatable bonds is 3. The summed E-state index contributed by atoms with van der Waals surface area (Å²) in [4.78, 5) is 0. The third-order valence-corrected chi connectivity index (χ3v) is 2.38. The second kappa shape index (κ2) is 3.98. The molecule has 1 heterocycles. The number of alkyl halides is 2. The van der Waals surface area contributed by atoms with Gasteiger partial charge in [-0.15, -0.1) is 0 Å². The smallest absolute Gasteiger partial charge is 0.316 e. The molecule has 0 amide bonds. The highest BCUT2D eigenvalue weighted by atomic mass is 19.3. The molecule has 0 unspecified atom stereocenters. The molecule has 15 heavy (non-hydrogen) atoms. The Morgan fingerprint density at radius 1 is 1.33 bits per heavy atom. The minimum Gasteiger partial charge on any atom is -0.316 e. The zero-order valence-corrected chi connectivity index (χ0v) is 8.37. The van der Waals surface area contributed by atoms with Crippen molar-refractivity contribution in [3.05, 3.63) is 36.0 Å². The van der Waals surface area contributed by atoms with Crippen molar-refractivity contribution in [3.8, 4) is 0 Å². The van der Waals surface area contributed by atoms with Crippen molar-refractivity contribution in [1.29, 1.82) is 0 Å². The Kier molecular flexibility index (Phi) is 2.68. The van der Waals surface area contributed by atoms with E-state index in [2.05, 4.69) is 5.32 Å². The van der Waals surface area contributed by atoms with Crippen molar-refractivity contribution in [2.24, 2.45) is 0 Å². The van der Waals surface area contributed by atoms with Crippen LogP contribution in [0.1, 0.15) is 12.1 Å². The molecule has 0 saturated carbocycles. The molecule has 80 valence electrons. The fraction of sp³-hybridized carbons (Fsp3) is 0.273. The molecule has 0 aliphatic heterocycles. The molecule has 0 spiro atoms. The van der Waals surface area contributed by atoms with Crippen LogP contribution in [0.2, 0.25) is 0 Å². The standard InChI is InChI=1S/C11H12F2N2/c1-14-7-8-2-3-9-4-5-15(11(12)13)10(9)6-8/h2-6,11,14H,7H2,1H3. The van der Waals surface area contributed by atoms with Gasteiger partial charge >= 0.3 is 6.55 Å². The Balaban J connectivity index is 2.51. The number of hydrogen-bond acceptors (Lipinski definition) is 1. The zero-order valence-electron chi connectivity index (χ0n) is 8.37. The van der Waals surface area contributed by atoms with Crippen LogP contribution in [0.15, 0.2) is 30.5 Å². The summed E-state index contributed by atoms with van der Waals surface area (Å²) in [5, 5.41) is 3.84. The van der Waals surface area contributed by atoms with Crippen LogP contribution < -0.4 is 5.32 Å². The number of halogens is 2. The van der Waals surface area contributed by atoms with E-state index in [0.29, 0.717) is 12.1 Å². The van der Waals surface area contributed by atoms with Gasteiger partial charge in [-0.25, -0.2) is 0 Å². The second-order valence-electron chi connectivity index (χ2n) is 3.42. The molecule has 0 aliphatic rings. The lowest BCUT2D eigenvalue weighted by Crippen LogP contribution is -2.05. The van der Waals surface area contributed by atoms with Gasteiger partial charge in [-0.05, 0) is 30.1 Å². The van der Waals surface area contributed by atoms with Gasteiger partial charge in [0.2, 0.25) is 0 Å². The molecule has 0 radical (unpaired) electrons. The molecule has 0 atom stereocenters. The van der Waals surface area contributed by atoms with Gasteiger partial charge in [0.05, 0.1) is 5.52 Å². The van der Waals surface area contributed by atoms with E-state index in [1.807, 2.05) is 19.2 Å². The molecule has 0 saturated heterocycles. The minimum absolute atomic E-state index is 0.581. The summed E-state index contributed by atoms with van der Waals surface area (Å²) in [7, 11) is 1.83. The highest BCUT2D eigenvalue weighted by molar-refractivity contribution is 5.80. The summed E-state index contributed by atoms with van der Waals surface area (Å²) < 4.78 is 26.2. The molecule has 1 aromatic carbocycles. The second-order valence-corrected chi connectivity index (χ2v) is 3.42. The maximum Gasteiger partial charge on any atom is 0.319 e. The van der Waals surface area contributed by atoms with E-state index < -0.39 is 6.55 Å². The van der Waals surface area contributed by atoms with Gasteiger partial charge < -0.3 is 5.32 Å². The number of aromatic nitrogens is 1. The lowest BCUT2D eigenvalue weighted by atomic mass is 10.1. The van der Waals surface area contributed by atoms with E-state index >= 15 is 0 Å². The minimum atomic E-state index is -2.48. The maximum absolute atomic E-state index is 12.6. The Morgan fingerprint density at radius 2 is 2.13 bits per heavy atom. The Labute approximate surface area is 86.5 Å². The zero-order chi connectivity index (χ0) is 10.8. The number of nitrogens with zero attached hydrogens (tertiary/aromatic N) is 1. The lowest BCUT2D eigenvalue weighted by molar-refractivity contribution is 0.0752. The summed E-state index contributed by atoms with van der Waals surface area (Å²) in [6.45, 7) is -1.79. The van der Waals surface area contributed by atoms with Crippen LogP contribution in [0, 0.1) is 0 Å². The third-order valence-electron chi connectivity index (χ3n) is 2.38. The summed E-state index contributed by atoms with van der Waals surface area (Å²) >= 11 is 0. The van der Waals surface area contributed by atoms with Crippen molar-refractivity contribution in [2.75, 3.05) is 7.05 Å². The predicted molar refractivity (Wildman–Crippen MR) is 56.0 cm³/mol. The highest BCUT2D eigenvalue weighted by Crippen LogP contribution is 2.22. The van der Waals surface area contributed by atoms with Crippen LogP contribution in [-0.4, -0.2) is 11.6 Å². The fourth-order valence-corrected chi connectivity index (χ4v) is 1.68. The van der Waals surface area contributed by atoms with E-state index in [1.54, 1.807) is 12.1 Å². The summed E-state index contributed by atoms with van der Waals surface area (Å²) in [5.74, 6) is 0. The number of benzene rings is 1. The molecule has 1 aromatic heterocycles. The topological polar surface area (TPSA) is 17.0 Å². The Morgan fingerprint density at radius 3 is 2.80 bits per heavy atom. The molecule has 1 N–H and O–H groups in total. The Bertz CT molecular complexity index is 463. The summed E-state index contributed by atoms with van der Waals surface area (Å²) in [6.07, 6.45) is 1.42. The van der Waals surface area contributed by atoms with Crippen molar-refractivity contribution in [3.63, 3.8) is 0 Å². The van der Waals surface area contributed by atoms with Gasteiger partial charge in [0.1, 0.15) is 0 Å². The number of nitrogens with one attached hydrogen (secondary N) is 1. The van der Waals surface area contributed by atoms with E-state index in [4.69, 9.17) is 0 Å². The van der Waals surface area contributed by atoms with Crippen molar-refractivity contribution < 1.29 is 8.78 Å². The predicted octanol–water partition coefficient (Wildman–Crippen LogP) is 2.76. The largest absolute Gasteiger partial charge is 0.319 e. The van der Waals surface area contributed by atoms with Gasteiger partial charge in [0, 0.05) is 12.7 Å². The average molecular weight is 210 g/mol. The van der Waals surface area contributed by atoms with Crippen molar-refractivity contribution in [2.45, 2.75) is 13.1 Å². The quantitative estimate of drug-likeness (QED) is 0.824. The van der Waals surface area contributed by atoms with Crippen LogP contribution in [-0.2, 0) is 6.54 Å². The first-order chi connectivity index (χ1) is 7.22. The molecular formula is C11H12F2N2. The van der Waals surface area contributed by atoms with Crippen LogP contribution in [0.4, 0.5) is 8.78 Å². The molecule has 4 heteroatoms. The van der Waals surface area contributed by atoms with E-state index in [0.717, 1.165) is 15.5 Å². The van der Waals surface area contributed by atoms with Gasteiger partial charge in [-0.3, -0.25) is 4.57 Å². The van der Waals surface area contributed by atoms with Crippen molar-refractivity contribution >= 4 is 10.9 Å².